The van der Waals surface area contributed by atoms with E-state index >= 15 is 4.39 Å². The van der Waals surface area contributed by atoms with Crippen LogP contribution in [0.2, 0.25) is 0 Å². The summed E-state index contributed by atoms with van der Waals surface area (Å²) >= 11 is 7.64. The molecule has 2 unspecified atom stereocenters. The number of nitrogens with zero attached hydrogens (tertiary/aromatic N) is 6. The largest absolute Gasteiger partial charge is 0.519 e. The lowest BCUT2D eigenvalue weighted by molar-refractivity contribution is -0.392. The second-order valence-corrected chi connectivity index (χ2v) is 12.5. The summed E-state index contributed by atoms with van der Waals surface area (Å²) in [6, 6.07) is 3.33. The molecule has 3 aromatic rings. The standard InChI is InChI=1S/C28H30ClFN6O7S/c1-15-24(43-28(38)41-15)14-32-4-6-33(7-5-32)23-10-22-18(9-21(23)30)8-20(26-35(22)17(3)44-26)27(37)42-19(11-29)13-34-16(2)31-12-25(34)36(39)40/h9-10,12,17,19H,4-8,11,13-14H2,1-3H3. The molecular weight excluding hydrogens is 619 g/mol. The molecule has 0 aliphatic carbocycles. The molecule has 6 rings (SSSR count). The van der Waals surface area contributed by atoms with Gasteiger partial charge in [0.25, 0.3) is 0 Å². The predicted octanol–water partition coefficient (Wildman–Crippen LogP) is 3.93. The maximum absolute atomic E-state index is 15.6. The fourth-order valence-electron chi connectivity index (χ4n) is 5.77. The molecule has 16 heteroatoms. The van der Waals surface area contributed by atoms with Crippen LogP contribution in [-0.2, 0) is 29.0 Å². The van der Waals surface area contributed by atoms with E-state index in [1.54, 1.807) is 13.8 Å². The Hall–Kier alpha value is -3.82. The van der Waals surface area contributed by atoms with Crippen LogP contribution in [0.25, 0.3) is 0 Å². The number of hydrogen-bond donors (Lipinski definition) is 0. The van der Waals surface area contributed by atoms with Gasteiger partial charge in [0.2, 0.25) is 0 Å². The molecule has 0 bridgehead atoms. The average molecular weight is 649 g/mol. The number of benzene rings is 1. The second kappa shape index (κ2) is 11.9. The number of rotatable bonds is 9. The molecule has 3 aliphatic heterocycles. The van der Waals surface area contributed by atoms with Crippen molar-refractivity contribution in [3.05, 3.63) is 78.4 Å². The van der Waals surface area contributed by atoms with Gasteiger partial charge in [0, 0.05) is 45.2 Å². The summed E-state index contributed by atoms with van der Waals surface area (Å²) in [4.78, 5) is 45.8. The number of ether oxygens (including phenoxy) is 1. The lowest BCUT2D eigenvalue weighted by atomic mass is 9.97. The van der Waals surface area contributed by atoms with Crippen LogP contribution in [0.1, 0.15) is 29.8 Å². The van der Waals surface area contributed by atoms with Crippen LogP contribution in [0, 0.1) is 29.8 Å². The molecule has 0 radical (unpaired) electrons. The summed E-state index contributed by atoms with van der Waals surface area (Å²) in [5.41, 5.74) is 2.40. The van der Waals surface area contributed by atoms with Gasteiger partial charge in [-0.25, -0.2) is 23.5 Å². The van der Waals surface area contributed by atoms with E-state index in [4.69, 9.17) is 25.2 Å². The van der Waals surface area contributed by atoms with Crippen LogP contribution in [0.3, 0.4) is 0 Å². The van der Waals surface area contributed by atoms with Gasteiger partial charge in [0.1, 0.15) is 24.3 Å². The molecule has 0 saturated carbocycles. The maximum Gasteiger partial charge on any atom is 0.519 e. The lowest BCUT2D eigenvalue weighted by Gasteiger charge is -2.47. The molecule has 234 valence electrons. The minimum Gasteiger partial charge on any atom is -0.453 e. The number of piperazine rings is 1. The Bertz CT molecular complexity index is 1710. The van der Waals surface area contributed by atoms with Gasteiger partial charge in [0.15, 0.2) is 17.7 Å². The normalized spacial score (nSPS) is 19.0. The number of alkyl halides is 1. The van der Waals surface area contributed by atoms with Gasteiger partial charge < -0.3 is 33.5 Å². The number of nitro groups is 1. The minimum atomic E-state index is -0.840. The highest BCUT2D eigenvalue weighted by Gasteiger charge is 2.42. The van der Waals surface area contributed by atoms with Gasteiger partial charge in [-0.05, 0) is 36.5 Å². The van der Waals surface area contributed by atoms with E-state index in [0.717, 1.165) is 16.9 Å². The zero-order chi connectivity index (χ0) is 31.3. The summed E-state index contributed by atoms with van der Waals surface area (Å²) < 4.78 is 32.8. The summed E-state index contributed by atoms with van der Waals surface area (Å²) in [5, 5.41) is 12.2. The van der Waals surface area contributed by atoms with Crippen LogP contribution in [0.5, 0.6) is 0 Å². The maximum atomic E-state index is 15.6. The van der Waals surface area contributed by atoms with E-state index in [9.17, 15) is 19.7 Å². The molecule has 13 nitrogen and oxygen atoms in total. The van der Waals surface area contributed by atoms with E-state index < -0.39 is 22.8 Å². The zero-order valence-electron chi connectivity index (χ0n) is 24.2. The molecule has 1 aromatic carbocycles. The van der Waals surface area contributed by atoms with E-state index in [0.29, 0.717) is 66.9 Å². The summed E-state index contributed by atoms with van der Waals surface area (Å²) in [7, 11) is 0. The van der Waals surface area contributed by atoms with Crippen molar-refractivity contribution in [3.8, 4) is 0 Å². The smallest absolute Gasteiger partial charge is 0.453 e. The summed E-state index contributed by atoms with van der Waals surface area (Å²) in [5.74, 6) is -0.623. The topological polar surface area (TPSA) is 140 Å². The third-order valence-corrected chi connectivity index (χ3v) is 9.68. The van der Waals surface area contributed by atoms with Gasteiger partial charge in [-0.15, -0.1) is 11.6 Å². The molecule has 5 heterocycles. The minimum absolute atomic E-state index is 0.0226. The SMILES string of the molecule is Cc1oc(=O)oc1CN1CCN(c2cc3c(cc2F)CC(C(=O)OC(CCl)Cn2c([N+](=O)[O-])cnc2C)=C2SC(C)N23)CC1. The summed E-state index contributed by atoms with van der Waals surface area (Å²) in [6.07, 6.45) is 0.493. The van der Waals surface area contributed by atoms with E-state index in [1.807, 2.05) is 22.8 Å². The third-order valence-electron chi connectivity index (χ3n) is 8.11. The first kappa shape index (κ1) is 30.2. The fraction of sp³-hybridized carbons (Fsp3) is 0.464. The van der Waals surface area contributed by atoms with Gasteiger partial charge >= 0.3 is 17.6 Å². The highest BCUT2D eigenvalue weighted by atomic mass is 35.5. The number of fused-ring (bicyclic) bond motifs is 3. The first-order valence-corrected chi connectivity index (χ1v) is 15.5. The highest BCUT2D eigenvalue weighted by Crippen LogP contribution is 2.52. The molecule has 2 saturated heterocycles. The molecule has 2 fully saturated rings. The van der Waals surface area contributed by atoms with Crippen LogP contribution >= 0.6 is 23.4 Å². The van der Waals surface area contributed by atoms with Crippen molar-refractivity contribution in [2.75, 3.05) is 41.9 Å². The Morgan fingerprint density at radius 2 is 2.00 bits per heavy atom. The lowest BCUT2D eigenvalue weighted by Crippen LogP contribution is -2.47. The van der Waals surface area contributed by atoms with Crippen molar-refractivity contribution in [3.63, 3.8) is 0 Å². The zero-order valence-corrected chi connectivity index (χ0v) is 25.8. The van der Waals surface area contributed by atoms with Crippen molar-refractivity contribution < 1.29 is 27.7 Å². The molecule has 0 spiro atoms. The summed E-state index contributed by atoms with van der Waals surface area (Å²) in [6.45, 7) is 8.18. The second-order valence-electron chi connectivity index (χ2n) is 10.9. The number of hydrogen-bond acceptors (Lipinski definition) is 12. The number of halogens is 2. The van der Waals surface area contributed by atoms with Crippen LogP contribution < -0.4 is 15.6 Å². The van der Waals surface area contributed by atoms with Crippen molar-refractivity contribution in [2.24, 2.45) is 0 Å². The molecule has 3 aliphatic rings. The van der Waals surface area contributed by atoms with Crippen molar-refractivity contribution >= 4 is 46.5 Å². The number of carbonyl (C=O) groups excluding carboxylic acids is 1. The van der Waals surface area contributed by atoms with Crippen molar-refractivity contribution in [1.82, 2.24) is 14.5 Å². The number of thioether (sulfide) groups is 1. The monoisotopic (exact) mass is 648 g/mol. The first-order valence-electron chi connectivity index (χ1n) is 14.1. The average Bonchev–Trinajstić information content (AvgIpc) is 3.50. The predicted molar refractivity (Wildman–Crippen MR) is 160 cm³/mol. The molecule has 2 aromatic heterocycles. The van der Waals surface area contributed by atoms with Crippen molar-refractivity contribution in [1.29, 1.82) is 0 Å². The Kier molecular flexibility index (Phi) is 8.20. The Labute approximate surface area is 260 Å². The molecule has 44 heavy (non-hydrogen) atoms. The molecule has 0 amide bonds. The number of carbonyl (C=O) groups is 1. The number of aromatic nitrogens is 2. The third kappa shape index (κ3) is 5.59. The fourth-order valence-corrected chi connectivity index (χ4v) is 7.09. The molecule has 0 N–H and O–H groups in total. The van der Waals surface area contributed by atoms with Gasteiger partial charge in [-0.1, -0.05) is 11.8 Å². The van der Waals surface area contributed by atoms with E-state index in [1.165, 1.54) is 22.4 Å². The highest BCUT2D eigenvalue weighted by molar-refractivity contribution is 8.05. The van der Waals surface area contributed by atoms with Gasteiger partial charge in [-0.3, -0.25) is 4.90 Å². The van der Waals surface area contributed by atoms with Gasteiger partial charge in [0.05, 0.1) is 34.1 Å². The number of imidazole rings is 1. The molecular formula is C28H30ClFN6O7S. The van der Waals surface area contributed by atoms with Crippen LogP contribution in [0.15, 0.2) is 42.6 Å². The number of aryl methyl sites for hydroxylation is 2. The van der Waals surface area contributed by atoms with Crippen molar-refractivity contribution in [2.45, 2.75) is 51.8 Å². The number of esters is 1. The first-order chi connectivity index (χ1) is 21.0. The quantitative estimate of drug-likeness (QED) is 0.144. The van der Waals surface area contributed by atoms with Gasteiger partial charge in [-0.2, -0.15) is 0 Å². The van der Waals surface area contributed by atoms with Crippen LogP contribution in [-0.4, -0.2) is 68.9 Å². The van der Waals surface area contributed by atoms with Crippen LogP contribution in [0.4, 0.5) is 21.6 Å². The molecule has 2 atom stereocenters. The van der Waals surface area contributed by atoms with E-state index in [-0.39, 0.29) is 35.9 Å². The Morgan fingerprint density at radius 3 is 2.64 bits per heavy atom. The number of anilines is 2. The Balaban J connectivity index is 1.16. The Morgan fingerprint density at radius 1 is 1.25 bits per heavy atom. The van der Waals surface area contributed by atoms with E-state index in [2.05, 4.69) is 9.88 Å².